The Hall–Kier alpha value is -1.06. The van der Waals surface area contributed by atoms with E-state index in [0.29, 0.717) is 25.3 Å². The highest BCUT2D eigenvalue weighted by molar-refractivity contribution is 5.80. The van der Waals surface area contributed by atoms with E-state index in [1.54, 1.807) is 4.90 Å². The van der Waals surface area contributed by atoms with Gasteiger partial charge in [0, 0.05) is 19.0 Å². The molecule has 1 heterocycles. The molecule has 0 bridgehead atoms. The van der Waals surface area contributed by atoms with Crippen LogP contribution in [-0.2, 0) is 9.59 Å². The van der Waals surface area contributed by atoms with Gasteiger partial charge in [0.2, 0.25) is 5.91 Å². The highest BCUT2D eigenvalue weighted by atomic mass is 16.4. The summed E-state index contributed by atoms with van der Waals surface area (Å²) >= 11 is 0. The number of hydrogen-bond donors (Lipinski definition) is 1. The monoisotopic (exact) mass is 211 g/mol. The van der Waals surface area contributed by atoms with E-state index in [0.717, 1.165) is 0 Å². The number of carboxylic acids is 1. The summed E-state index contributed by atoms with van der Waals surface area (Å²) in [5, 5.41) is 8.94. The first-order chi connectivity index (χ1) is 7.09. The molecule has 1 aliphatic carbocycles. The van der Waals surface area contributed by atoms with Gasteiger partial charge in [0.05, 0.1) is 5.92 Å². The Morgan fingerprint density at radius 2 is 2.13 bits per heavy atom. The van der Waals surface area contributed by atoms with Gasteiger partial charge < -0.3 is 10.0 Å². The van der Waals surface area contributed by atoms with Gasteiger partial charge in [-0.2, -0.15) is 0 Å². The molecule has 1 aliphatic heterocycles. The van der Waals surface area contributed by atoms with Crippen molar-refractivity contribution >= 4 is 11.9 Å². The summed E-state index contributed by atoms with van der Waals surface area (Å²) in [7, 11) is 0. The number of aliphatic carboxylic acids is 1. The number of hydrogen-bond acceptors (Lipinski definition) is 2. The molecule has 2 rings (SSSR count). The highest BCUT2D eigenvalue weighted by Gasteiger charge is 2.38. The van der Waals surface area contributed by atoms with Crippen LogP contribution in [0.25, 0.3) is 0 Å². The third-order valence-corrected chi connectivity index (χ3v) is 3.59. The SMILES string of the molecule is CC(C1CC1)N1CC(C(=O)O)CCC1=O. The summed E-state index contributed by atoms with van der Waals surface area (Å²) in [5.74, 6) is -0.382. The molecular weight excluding hydrogens is 194 g/mol. The molecule has 2 atom stereocenters. The Labute approximate surface area is 89.3 Å². The van der Waals surface area contributed by atoms with Crippen molar-refractivity contribution < 1.29 is 14.7 Å². The topological polar surface area (TPSA) is 57.6 Å². The van der Waals surface area contributed by atoms with Gasteiger partial charge in [0.25, 0.3) is 0 Å². The van der Waals surface area contributed by atoms with Gasteiger partial charge in [-0.1, -0.05) is 0 Å². The van der Waals surface area contributed by atoms with Gasteiger partial charge >= 0.3 is 5.97 Å². The number of piperidine rings is 1. The fourth-order valence-corrected chi connectivity index (χ4v) is 2.30. The van der Waals surface area contributed by atoms with Crippen LogP contribution in [0.3, 0.4) is 0 Å². The molecule has 2 unspecified atom stereocenters. The van der Waals surface area contributed by atoms with Crippen LogP contribution in [0, 0.1) is 11.8 Å². The van der Waals surface area contributed by atoms with Gasteiger partial charge in [0.15, 0.2) is 0 Å². The first-order valence-corrected chi connectivity index (χ1v) is 5.62. The molecular formula is C11H17NO3. The zero-order valence-corrected chi connectivity index (χ0v) is 8.98. The third kappa shape index (κ3) is 2.13. The molecule has 4 heteroatoms. The normalized spacial score (nSPS) is 29.0. The van der Waals surface area contributed by atoms with E-state index in [-0.39, 0.29) is 17.9 Å². The minimum Gasteiger partial charge on any atom is -0.481 e. The number of nitrogens with zero attached hydrogens (tertiary/aromatic N) is 1. The van der Waals surface area contributed by atoms with Crippen LogP contribution in [-0.4, -0.2) is 34.5 Å². The Bertz CT molecular complexity index is 286. The van der Waals surface area contributed by atoms with Crippen molar-refractivity contribution in [1.29, 1.82) is 0 Å². The maximum atomic E-state index is 11.7. The van der Waals surface area contributed by atoms with Gasteiger partial charge in [-0.15, -0.1) is 0 Å². The Kier molecular flexibility index (Phi) is 2.67. The van der Waals surface area contributed by atoms with Crippen molar-refractivity contribution in [3.63, 3.8) is 0 Å². The average Bonchev–Trinajstić information content (AvgIpc) is 3.00. The predicted molar refractivity (Wildman–Crippen MR) is 54.3 cm³/mol. The maximum Gasteiger partial charge on any atom is 0.308 e. The zero-order chi connectivity index (χ0) is 11.0. The van der Waals surface area contributed by atoms with Crippen LogP contribution >= 0.6 is 0 Å². The molecule has 0 aromatic carbocycles. The molecule has 1 amide bonds. The molecule has 0 aromatic rings. The van der Waals surface area contributed by atoms with E-state index in [4.69, 9.17) is 5.11 Å². The number of carboxylic acid groups (broad SMARTS) is 1. The third-order valence-electron chi connectivity index (χ3n) is 3.59. The quantitative estimate of drug-likeness (QED) is 0.760. The zero-order valence-electron chi connectivity index (χ0n) is 8.98. The van der Waals surface area contributed by atoms with Gasteiger partial charge in [-0.25, -0.2) is 0 Å². The van der Waals surface area contributed by atoms with E-state index in [1.165, 1.54) is 12.8 Å². The maximum absolute atomic E-state index is 11.7. The Balaban J connectivity index is 2.01. The van der Waals surface area contributed by atoms with E-state index in [9.17, 15) is 9.59 Å². The molecule has 0 aromatic heterocycles. The minimum atomic E-state index is -0.768. The molecule has 0 radical (unpaired) electrons. The lowest BCUT2D eigenvalue weighted by molar-refractivity contribution is -0.148. The molecule has 84 valence electrons. The van der Waals surface area contributed by atoms with Crippen LogP contribution in [0.5, 0.6) is 0 Å². The lowest BCUT2D eigenvalue weighted by Gasteiger charge is -2.35. The molecule has 1 saturated carbocycles. The molecule has 0 spiro atoms. The van der Waals surface area contributed by atoms with E-state index >= 15 is 0 Å². The second kappa shape index (κ2) is 3.83. The number of amides is 1. The standard InChI is InChI=1S/C11H17NO3/c1-7(8-2-3-8)12-6-9(11(14)15)4-5-10(12)13/h7-9H,2-6H2,1H3,(H,14,15). The van der Waals surface area contributed by atoms with Gasteiger partial charge in [0.1, 0.15) is 0 Å². The molecule has 2 aliphatic rings. The first kappa shape index (κ1) is 10.5. The summed E-state index contributed by atoms with van der Waals surface area (Å²) in [6, 6.07) is 0.236. The molecule has 2 fully saturated rings. The van der Waals surface area contributed by atoms with E-state index < -0.39 is 5.97 Å². The van der Waals surface area contributed by atoms with Gasteiger partial charge in [-0.05, 0) is 32.1 Å². The number of likely N-dealkylation sites (tertiary alicyclic amines) is 1. The first-order valence-electron chi connectivity index (χ1n) is 5.62. The summed E-state index contributed by atoms with van der Waals surface area (Å²) in [6.45, 7) is 2.45. The lowest BCUT2D eigenvalue weighted by atomic mass is 9.95. The van der Waals surface area contributed by atoms with Crippen LogP contribution in [0.2, 0.25) is 0 Å². The fraction of sp³-hybridized carbons (Fsp3) is 0.818. The molecule has 1 N–H and O–H groups in total. The van der Waals surface area contributed by atoms with Crippen molar-refractivity contribution in [1.82, 2.24) is 4.90 Å². The Morgan fingerprint density at radius 1 is 1.47 bits per heavy atom. The Morgan fingerprint density at radius 3 is 2.67 bits per heavy atom. The fourth-order valence-electron chi connectivity index (χ4n) is 2.30. The van der Waals surface area contributed by atoms with Crippen LogP contribution < -0.4 is 0 Å². The second-order valence-electron chi connectivity index (χ2n) is 4.70. The molecule has 1 saturated heterocycles. The minimum absolute atomic E-state index is 0.131. The van der Waals surface area contributed by atoms with E-state index in [1.807, 2.05) is 6.92 Å². The van der Waals surface area contributed by atoms with Crippen LogP contribution in [0.1, 0.15) is 32.6 Å². The lowest BCUT2D eigenvalue weighted by Crippen LogP contribution is -2.47. The largest absolute Gasteiger partial charge is 0.481 e. The number of carbonyl (C=O) groups is 2. The molecule has 15 heavy (non-hydrogen) atoms. The van der Waals surface area contributed by atoms with Crippen LogP contribution in [0.15, 0.2) is 0 Å². The highest BCUT2D eigenvalue weighted by Crippen LogP contribution is 2.36. The van der Waals surface area contributed by atoms with Crippen LogP contribution in [0.4, 0.5) is 0 Å². The number of rotatable bonds is 3. The average molecular weight is 211 g/mol. The predicted octanol–water partition coefficient (Wildman–Crippen LogP) is 1.11. The number of carbonyl (C=O) groups excluding carboxylic acids is 1. The van der Waals surface area contributed by atoms with Gasteiger partial charge in [-0.3, -0.25) is 9.59 Å². The molecule has 4 nitrogen and oxygen atoms in total. The van der Waals surface area contributed by atoms with Crippen molar-refractivity contribution in [2.24, 2.45) is 11.8 Å². The summed E-state index contributed by atoms with van der Waals surface area (Å²) in [6.07, 6.45) is 3.27. The summed E-state index contributed by atoms with van der Waals surface area (Å²) in [5.41, 5.74) is 0. The van der Waals surface area contributed by atoms with Crippen molar-refractivity contribution in [2.45, 2.75) is 38.6 Å². The summed E-state index contributed by atoms with van der Waals surface area (Å²) in [4.78, 5) is 24.3. The van der Waals surface area contributed by atoms with Crippen molar-refractivity contribution in [2.75, 3.05) is 6.54 Å². The van der Waals surface area contributed by atoms with Crippen molar-refractivity contribution in [3.05, 3.63) is 0 Å². The second-order valence-corrected chi connectivity index (χ2v) is 4.70. The smallest absolute Gasteiger partial charge is 0.308 e. The van der Waals surface area contributed by atoms with Crippen molar-refractivity contribution in [3.8, 4) is 0 Å². The van der Waals surface area contributed by atoms with E-state index in [2.05, 4.69) is 0 Å². The summed E-state index contributed by atoms with van der Waals surface area (Å²) < 4.78 is 0.